The quantitative estimate of drug-likeness (QED) is 0.650. The lowest BCUT2D eigenvalue weighted by molar-refractivity contribution is 0.610. The highest BCUT2D eigenvalue weighted by molar-refractivity contribution is 5.59. The lowest BCUT2D eigenvalue weighted by Crippen LogP contribution is -2.10. The fraction of sp³-hybridized carbons (Fsp3) is 0.238. The molecule has 5 nitrogen and oxygen atoms in total. The van der Waals surface area contributed by atoms with Crippen LogP contribution in [0, 0.1) is 12.7 Å². The summed E-state index contributed by atoms with van der Waals surface area (Å²) in [4.78, 5) is 11.0. The molecule has 0 saturated heterocycles. The molecule has 2 N–H and O–H groups in total. The fourth-order valence-electron chi connectivity index (χ4n) is 2.71. The minimum absolute atomic E-state index is 0.179. The van der Waals surface area contributed by atoms with Crippen molar-refractivity contribution < 1.29 is 4.39 Å². The van der Waals surface area contributed by atoms with Crippen LogP contribution < -0.4 is 15.5 Å². The van der Waals surface area contributed by atoms with Crippen molar-refractivity contribution in [3.8, 4) is 0 Å². The number of halogens is 1. The summed E-state index contributed by atoms with van der Waals surface area (Å²) in [6.45, 7) is 2.51. The summed E-state index contributed by atoms with van der Waals surface area (Å²) in [5.41, 5.74) is 3.59. The van der Waals surface area contributed by atoms with E-state index in [0.717, 1.165) is 17.1 Å². The average Bonchev–Trinajstić information content (AvgIpc) is 2.63. The Morgan fingerprint density at radius 1 is 1.00 bits per heavy atom. The van der Waals surface area contributed by atoms with Crippen LogP contribution >= 0.6 is 0 Å². The second kappa shape index (κ2) is 8.49. The van der Waals surface area contributed by atoms with Gasteiger partial charge >= 0.3 is 0 Å². The first kappa shape index (κ1) is 18.6. The van der Waals surface area contributed by atoms with Gasteiger partial charge in [-0.3, -0.25) is 0 Å². The normalized spacial score (nSPS) is 10.5. The molecule has 3 aromatic rings. The Morgan fingerprint density at radius 3 is 2.44 bits per heavy atom. The number of rotatable bonds is 7. The molecule has 2 aromatic carbocycles. The van der Waals surface area contributed by atoms with Crippen LogP contribution in [0.3, 0.4) is 0 Å². The van der Waals surface area contributed by atoms with Crippen LogP contribution in [0.15, 0.2) is 54.6 Å². The van der Waals surface area contributed by atoms with Crippen molar-refractivity contribution in [1.29, 1.82) is 0 Å². The van der Waals surface area contributed by atoms with E-state index in [4.69, 9.17) is 0 Å². The van der Waals surface area contributed by atoms with E-state index in [9.17, 15) is 4.39 Å². The average molecular weight is 365 g/mol. The maximum atomic E-state index is 13.7. The molecule has 0 amide bonds. The van der Waals surface area contributed by atoms with Gasteiger partial charge in [0.15, 0.2) is 0 Å². The van der Waals surface area contributed by atoms with Gasteiger partial charge in [0.2, 0.25) is 5.95 Å². The zero-order chi connectivity index (χ0) is 19.2. The fourth-order valence-corrected chi connectivity index (χ4v) is 2.71. The van der Waals surface area contributed by atoms with Crippen LogP contribution in [0.5, 0.6) is 0 Å². The Morgan fingerprint density at radius 2 is 1.74 bits per heavy atom. The van der Waals surface area contributed by atoms with Crippen LogP contribution in [0.25, 0.3) is 0 Å². The smallest absolute Gasteiger partial charge is 0.229 e. The Balaban J connectivity index is 1.64. The van der Waals surface area contributed by atoms with Crippen LogP contribution in [0.4, 0.5) is 27.5 Å². The predicted octanol–water partition coefficient (Wildman–Crippen LogP) is 4.39. The lowest BCUT2D eigenvalue weighted by atomic mass is 10.1. The Hall–Kier alpha value is -3.15. The van der Waals surface area contributed by atoms with Gasteiger partial charge < -0.3 is 15.5 Å². The summed E-state index contributed by atoms with van der Waals surface area (Å²) < 4.78 is 13.7. The van der Waals surface area contributed by atoms with Crippen molar-refractivity contribution >= 4 is 23.1 Å². The van der Waals surface area contributed by atoms with E-state index in [1.165, 1.54) is 6.07 Å². The number of nitrogens with one attached hydrogen (secondary N) is 2. The molecule has 0 unspecified atom stereocenters. The molecule has 0 aliphatic rings. The molecule has 0 aliphatic heterocycles. The number of hydrogen-bond acceptors (Lipinski definition) is 5. The van der Waals surface area contributed by atoms with Gasteiger partial charge in [0, 0.05) is 43.8 Å². The predicted molar refractivity (Wildman–Crippen MR) is 109 cm³/mol. The first-order valence-electron chi connectivity index (χ1n) is 8.88. The summed E-state index contributed by atoms with van der Waals surface area (Å²) in [7, 11) is 4.01. The molecular weight excluding hydrogens is 341 g/mol. The van der Waals surface area contributed by atoms with Gasteiger partial charge in [0.05, 0.1) is 0 Å². The third-order valence-corrected chi connectivity index (χ3v) is 4.15. The topological polar surface area (TPSA) is 53.1 Å². The Bertz CT molecular complexity index is 893. The molecule has 0 saturated carbocycles. The Labute approximate surface area is 159 Å². The van der Waals surface area contributed by atoms with Crippen LogP contribution in [-0.4, -0.2) is 30.6 Å². The van der Waals surface area contributed by atoms with E-state index < -0.39 is 0 Å². The van der Waals surface area contributed by atoms with Gasteiger partial charge in [-0.1, -0.05) is 18.2 Å². The van der Waals surface area contributed by atoms with Crippen molar-refractivity contribution in [3.63, 3.8) is 0 Å². The number of anilines is 4. The molecule has 0 radical (unpaired) electrons. The molecule has 0 spiro atoms. The van der Waals surface area contributed by atoms with Crippen molar-refractivity contribution in [1.82, 2.24) is 9.97 Å². The van der Waals surface area contributed by atoms with E-state index >= 15 is 0 Å². The van der Waals surface area contributed by atoms with Crippen molar-refractivity contribution in [2.75, 3.05) is 36.2 Å². The summed E-state index contributed by atoms with van der Waals surface area (Å²) in [5, 5.41) is 6.47. The second-order valence-corrected chi connectivity index (χ2v) is 6.55. The molecule has 0 fully saturated rings. The van der Waals surface area contributed by atoms with Gasteiger partial charge in [0.1, 0.15) is 11.6 Å². The van der Waals surface area contributed by atoms with E-state index in [-0.39, 0.29) is 5.82 Å². The first-order chi connectivity index (χ1) is 13.0. The SMILES string of the molecule is Cc1cc(NCCc2ccccc2F)nc(Nc2ccc(N(C)C)cc2)n1. The van der Waals surface area contributed by atoms with Gasteiger partial charge in [0.25, 0.3) is 0 Å². The molecule has 1 heterocycles. The highest BCUT2D eigenvalue weighted by Gasteiger charge is 2.05. The van der Waals surface area contributed by atoms with E-state index in [2.05, 4.69) is 20.6 Å². The van der Waals surface area contributed by atoms with Crippen LogP contribution in [-0.2, 0) is 6.42 Å². The standard InChI is InChI=1S/C21H24FN5/c1-15-14-20(23-13-12-16-6-4-5-7-19(16)22)26-21(24-15)25-17-8-10-18(11-9-17)27(2)3/h4-11,14H,12-13H2,1-3H3,(H2,23,24,25,26). The third-order valence-electron chi connectivity index (χ3n) is 4.15. The van der Waals surface area contributed by atoms with Crippen molar-refractivity contribution in [2.45, 2.75) is 13.3 Å². The van der Waals surface area contributed by atoms with Gasteiger partial charge in [-0.25, -0.2) is 9.37 Å². The summed E-state index contributed by atoms with van der Waals surface area (Å²) in [6, 6.07) is 16.7. The summed E-state index contributed by atoms with van der Waals surface area (Å²) in [5.74, 6) is 1.06. The van der Waals surface area contributed by atoms with Gasteiger partial charge in [-0.05, 0) is 49.2 Å². The van der Waals surface area contributed by atoms with Gasteiger partial charge in [-0.2, -0.15) is 4.98 Å². The van der Waals surface area contributed by atoms with Crippen molar-refractivity contribution in [3.05, 3.63) is 71.7 Å². The minimum atomic E-state index is -0.179. The molecule has 1 aromatic heterocycles. The van der Waals surface area contributed by atoms with Crippen LogP contribution in [0.1, 0.15) is 11.3 Å². The largest absolute Gasteiger partial charge is 0.378 e. The molecule has 140 valence electrons. The zero-order valence-electron chi connectivity index (χ0n) is 15.8. The van der Waals surface area contributed by atoms with Crippen LogP contribution in [0.2, 0.25) is 0 Å². The number of aromatic nitrogens is 2. The molecule has 0 bridgehead atoms. The third kappa shape index (κ3) is 5.17. The Kier molecular flexibility index (Phi) is 5.86. The number of hydrogen-bond donors (Lipinski definition) is 2. The summed E-state index contributed by atoms with van der Waals surface area (Å²) >= 11 is 0. The molecular formula is C21H24FN5. The van der Waals surface area contributed by atoms with E-state index in [1.807, 2.05) is 62.3 Å². The van der Waals surface area contributed by atoms with E-state index in [1.54, 1.807) is 12.1 Å². The summed E-state index contributed by atoms with van der Waals surface area (Å²) in [6.07, 6.45) is 0.588. The number of nitrogens with zero attached hydrogens (tertiary/aromatic N) is 3. The maximum Gasteiger partial charge on any atom is 0.229 e. The number of benzene rings is 2. The molecule has 27 heavy (non-hydrogen) atoms. The van der Waals surface area contributed by atoms with E-state index in [0.29, 0.717) is 30.3 Å². The minimum Gasteiger partial charge on any atom is -0.378 e. The first-order valence-corrected chi connectivity index (χ1v) is 8.88. The molecule has 3 rings (SSSR count). The zero-order valence-corrected chi connectivity index (χ0v) is 15.8. The lowest BCUT2D eigenvalue weighted by Gasteiger charge is -2.13. The second-order valence-electron chi connectivity index (χ2n) is 6.55. The molecule has 0 aliphatic carbocycles. The molecule has 0 atom stereocenters. The monoisotopic (exact) mass is 365 g/mol. The maximum absolute atomic E-state index is 13.7. The van der Waals surface area contributed by atoms with Crippen molar-refractivity contribution in [2.24, 2.45) is 0 Å². The highest BCUT2D eigenvalue weighted by Crippen LogP contribution is 2.19. The van der Waals surface area contributed by atoms with Gasteiger partial charge in [-0.15, -0.1) is 0 Å². The number of aryl methyl sites for hydroxylation is 1. The molecule has 6 heteroatoms. The highest BCUT2D eigenvalue weighted by atomic mass is 19.1.